The highest BCUT2D eigenvalue weighted by Gasteiger charge is 2.23. The Morgan fingerprint density at radius 2 is 1.93 bits per heavy atom. The molecule has 162 valence electrons. The first-order chi connectivity index (χ1) is 14.1. The largest absolute Gasteiger partial charge is 0.378 e. The number of ether oxygens (including phenoxy) is 1. The van der Waals surface area contributed by atoms with Gasteiger partial charge in [-0.25, -0.2) is 4.79 Å². The topological polar surface area (TPSA) is 53.6 Å². The predicted molar refractivity (Wildman–Crippen MR) is 122 cm³/mol. The second kappa shape index (κ2) is 13.4. The second-order valence-corrected chi connectivity index (χ2v) is 8.05. The summed E-state index contributed by atoms with van der Waals surface area (Å²) in [6.45, 7) is 12.3. The number of hydrogen-bond acceptors (Lipinski definition) is 3. The van der Waals surface area contributed by atoms with Crippen LogP contribution in [0.25, 0.3) is 0 Å². The number of nitrogens with zero attached hydrogens (tertiary/aromatic N) is 1. The molecule has 2 N–H and O–H groups in total. The smallest absolute Gasteiger partial charge is 0.321 e. The SMILES string of the molecule is C=CCCNCCCCCCOC1CCN(C(=O)Nc2ccc(C)cc2C)CC1. The number of likely N-dealkylation sites (tertiary alicyclic amines) is 1. The van der Waals surface area contributed by atoms with Gasteiger partial charge in [-0.2, -0.15) is 0 Å². The molecule has 2 rings (SSSR count). The molecule has 1 aromatic rings. The molecule has 0 aromatic heterocycles. The van der Waals surface area contributed by atoms with E-state index >= 15 is 0 Å². The van der Waals surface area contributed by atoms with Crippen LogP contribution in [-0.2, 0) is 4.74 Å². The summed E-state index contributed by atoms with van der Waals surface area (Å²) in [7, 11) is 0. The Kier molecular flexibility index (Phi) is 10.8. The van der Waals surface area contributed by atoms with Crippen LogP contribution in [0, 0.1) is 13.8 Å². The van der Waals surface area contributed by atoms with E-state index in [0.717, 1.165) is 69.7 Å². The maximum absolute atomic E-state index is 12.5. The Morgan fingerprint density at radius 3 is 2.66 bits per heavy atom. The van der Waals surface area contributed by atoms with Crippen LogP contribution >= 0.6 is 0 Å². The number of rotatable bonds is 12. The Morgan fingerprint density at radius 1 is 1.17 bits per heavy atom. The molecule has 0 spiro atoms. The number of hydrogen-bond donors (Lipinski definition) is 2. The molecule has 0 aliphatic carbocycles. The van der Waals surface area contributed by atoms with Crippen LogP contribution in [0.4, 0.5) is 10.5 Å². The lowest BCUT2D eigenvalue weighted by Gasteiger charge is -2.32. The lowest BCUT2D eigenvalue weighted by Crippen LogP contribution is -2.43. The summed E-state index contributed by atoms with van der Waals surface area (Å²) in [6, 6.07) is 6.10. The van der Waals surface area contributed by atoms with Gasteiger partial charge in [0.2, 0.25) is 0 Å². The lowest BCUT2D eigenvalue weighted by molar-refractivity contribution is 0.0141. The molecular formula is C24H39N3O2. The second-order valence-electron chi connectivity index (χ2n) is 8.05. The van der Waals surface area contributed by atoms with Gasteiger partial charge in [0.1, 0.15) is 0 Å². The number of aryl methyl sites for hydroxylation is 2. The van der Waals surface area contributed by atoms with Crippen molar-refractivity contribution < 1.29 is 9.53 Å². The number of urea groups is 1. The van der Waals surface area contributed by atoms with Crippen molar-refractivity contribution in [2.45, 2.75) is 64.9 Å². The van der Waals surface area contributed by atoms with Gasteiger partial charge in [0.25, 0.3) is 0 Å². The number of benzene rings is 1. The fourth-order valence-corrected chi connectivity index (χ4v) is 3.66. The number of amides is 2. The fourth-order valence-electron chi connectivity index (χ4n) is 3.66. The third-order valence-corrected chi connectivity index (χ3v) is 5.48. The Balaban J connectivity index is 1.52. The molecular weight excluding hydrogens is 362 g/mol. The molecule has 1 aromatic carbocycles. The van der Waals surface area contributed by atoms with Gasteiger partial charge >= 0.3 is 6.03 Å². The minimum Gasteiger partial charge on any atom is -0.378 e. The zero-order chi connectivity index (χ0) is 20.9. The molecule has 0 saturated carbocycles. The lowest BCUT2D eigenvalue weighted by atomic mass is 10.1. The van der Waals surface area contributed by atoms with Gasteiger partial charge in [0.15, 0.2) is 0 Å². The van der Waals surface area contributed by atoms with Crippen molar-refractivity contribution in [1.82, 2.24) is 10.2 Å². The minimum absolute atomic E-state index is 0.00268. The summed E-state index contributed by atoms with van der Waals surface area (Å²) in [5.74, 6) is 0. The molecule has 5 heteroatoms. The number of carbonyl (C=O) groups is 1. The van der Waals surface area contributed by atoms with E-state index in [1.54, 1.807) is 0 Å². The van der Waals surface area contributed by atoms with Crippen molar-refractivity contribution in [2.24, 2.45) is 0 Å². The van der Waals surface area contributed by atoms with E-state index in [-0.39, 0.29) is 6.03 Å². The van der Waals surface area contributed by atoms with E-state index in [9.17, 15) is 4.79 Å². The van der Waals surface area contributed by atoms with Crippen molar-refractivity contribution in [3.63, 3.8) is 0 Å². The molecule has 0 radical (unpaired) electrons. The summed E-state index contributed by atoms with van der Waals surface area (Å²) in [4.78, 5) is 14.4. The molecule has 1 aliphatic rings. The van der Waals surface area contributed by atoms with Crippen LogP contribution in [0.2, 0.25) is 0 Å². The van der Waals surface area contributed by atoms with Crippen LogP contribution in [0.15, 0.2) is 30.9 Å². The standard InChI is InChI=1S/C24H39N3O2/c1-4-5-14-25-15-8-6-7-9-18-29-22-12-16-27(17-13-22)24(28)26-23-11-10-20(2)19-21(23)3/h4,10-11,19,22,25H,1,5-9,12-18H2,2-3H3,(H,26,28). The van der Waals surface area contributed by atoms with E-state index < -0.39 is 0 Å². The Labute approximate surface area is 176 Å². The third-order valence-electron chi connectivity index (χ3n) is 5.48. The highest BCUT2D eigenvalue weighted by Crippen LogP contribution is 2.19. The summed E-state index contributed by atoms with van der Waals surface area (Å²) >= 11 is 0. The van der Waals surface area contributed by atoms with E-state index in [2.05, 4.69) is 30.2 Å². The summed E-state index contributed by atoms with van der Waals surface area (Å²) in [5, 5.41) is 6.47. The van der Waals surface area contributed by atoms with E-state index in [0.29, 0.717) is 6.10 Å². The maximum atomic E-state index is 12.5. The molecule has 0 unspecified atom stereocenters. The number of carbonyl (C=O) groups excluding carboxylic acids is 1. The van der Waals surface area contributed by atoms with Crippen molar-refractivity contribution in [1.29, 1.82) is 0 Å². The maximum Gasteiger partial charge on any atom is 0.321 e. The van der Waals surface area contributed by atoms with Crippen LogP contribution in [-0.4, -0.2) is 49.8 Å². The highest BCUT2D eigenvalue weighted by atomic mass is 16.5. The van der Waals surface area contributed by atoms with Crippen LogP contribution in [0.5, 0.6) is 0 Å². The zero-order valence-electron chi connectivity index (χ0n) is 18.3. The highest BCUT2D eigenvalue weighted by molar-refractivity contribution is 5.90. The summed E-state index contributed by atoms with van der Waals surface area (Å²) in [6.07, 6.45) is 9.96. The molecule has 1 saturated heterocycles. The van der Waals surface area contributed by atoms with E-state index in [1.165, 1.54) is 24.8 Å². The first kappa shape index (κ1) is 23.4. The van der Waals surface area contributed by atoms with Crippen molar-refractivity contribution in [2.75, 3.05) is 38.1 Å². The monoisotopic (exact) mass is 401 g/mol. The van der Waals surface area contributed by atoms with Gasteiger partial charge in [-0.3, -0.25) is 0 Å². The fraction of sp³-hybridized carbons (Fsp3) is 0.625. The van der Waals surface area contributed by atoms with Gasteiger partial charge in [-0.05, 0) is 70.7 Å². The van der Waals surface area contributed by atoms with Gasteiger partial charge < -0.3 is 20.3 Å². The molecule has 0 atom stereocenters. The normalized spacial score (nSPS) is 14.8. The predicted octanol–water partition coefficient (Wildman–Crippen LogP) is 5.04. The van der Waals surface area contributed by atoms with E-state index in [1.807, 2.05) is 30.0 Å². The average molecular weight is 402 g/mol. The van der Waals surface area contributed by atoms with E-state index in [4.69, 9.17) is 4.74 Å². The Hall–Kier alpha value is -1.85. The average Bonchev–Trinajstić information content (AvgIpc) is 2.72. The van der Waals surface area contributed by atoms with Crippen molar-refractivity contribution >= 4 is 11.7 Å². The zero-order valence-corrected chi connectivity index (χ0v) is 18.3. The minimum atomic E-state index is -0.00268. The van der Waals surface area contributed by atoms with Gasteiger partial charge in [-0.15, -0.1) is 6.58 Å². The molecule has 2 amide bonds. The van der Waals surface area contributed by atoms with Crippen molar-refractivity contribution in [3.8, 4) is 0 Å². The van der Waals surface area contributed by atoms with Gasteiger partial charge in [0, 0.05) is 25.4 Å². The molecule has 0 bridgehead atoms. The van der Waals surface area contributed by atoms with Crippen LogP contribution in [0.1, 0.15) is 56.1 Å². The summed E-state index contributed by atoms with van der Waals surface area (Å²) < 4.78 is 6.04. The number of anilines is 1. The molecule has 5 nitrogen and oxygen atoms in total. The third kappa shape index (κ3) is 9.01. The quantitative estimate of drug-likeness (QED) is 0.381. The molecule has 1 heterocycles. The first-order valence-corrected chi connectivity index (χ1v) is 11.2. The van der Waals surface area contributed by atoms with Crippen LogP contribution < -0.4 is 10.6 Å². The number of piperidine rings is 1. The van der Waals surface area contributed by atoms with Crippen molar-refractivity contribution in [3.05, 3.63) is 42.0 Å². The molecule has 1 aliphatic heterocycles. The van der Waals surface area contributed by atoms with Gasteiger partial charge in [-0.1, -0.05) is 36.6 Å². The van der Waals surface area contributed by atoms with Gasteiger partial charge in [0.05, 0.1) is 6.10 Å². The Bertz CT molecular complexity index is 625. The first-order valence-electron chi connectivity index (χ1n) is 11.2. The number of unbranched alkanes of at least 4 members (excludes halogenated alkanes) is 3. The molecule has 1 fully saturated rings. The molecule has 29 heavy (non-hydrogen) atoms. The number of nitrogens with one attached hydrogen (secondary N) is 2. The summed E-state index contributed by atoms with van der Waals surface area (Å²) in [5.41, 5.74) is 3.21. The van der Waals surface area contributed by atoms with Crippen LogP contribution in [0.3, 0.4) is 0 Å².